The Morgan fingerprint density at radius 3 is 2.57 bits per heavy atom. The van der Waals surface area contributed by atoms with Gasteiger partial charge in [-0.05, 0) is 48.8 Å². The maximum absolute atomic E-state index is 14.5. The molecule has 0 unspecified atom stereocenters. The maximum Gasteiger partial charge on any atom is 0.393 e. The number of likely N-dealkylation sites (tertiary alicyclic amines) is 1. The van der Waals surface area contributed by atoms with E-state index < -0.39 is 31.2 Å². The number of carbonyl (C=O) groups excluding carboxylic acids is 1. The topological polar surface area (TPSA) is 74.9 Å². The van der Waals surface area contributed by atoms with Gasteiger partial charge in [-0.1, -0.05) is 24.0 Å². The molecule has 246 valence electrons. The summed E-state index contributed by atoms with van der Waals surface area (Å²) in [5.74, 6) is 4.02. The molecular weight excluding hydrogens is 627 g/mol. The molecule has 2 aliphatic heterocycles. The number of hydrogen-bond donors (Lipinski definition) is 3. The summed E-state index contributed by atoms with van der Waals surface area (Å²) >= 11 is 1.21. The summed E-state index contributed by atoms with van der Waals surface area (Å²) in [7, 11) is 1.33. The van der Waals surface area contributed by atoms with E-state index in [-0.39, 0.29) is 35.2 Å². The van der Waals surface area contributed by atoms with Gasteiger partial charge >= 0.3 is 6.18 Å². The fourth-order valence-corrected chi connectivity index (χ4v) is 7.83. The molecular formula is C33H35F5N4O3S. The zero-order valence-electron chi connectivity index (χ0n) is 25.3. The van der Waals surface area contributed by atoms with Gasteiger partial charge in [0.15, 0.2) is 0 Å². The van der Waals surface area contributed by atoms with E-state index in [0.717, 1.165) is 74.5 Å². The van der Waals surface area contributed by atoms with Gasteiger partial charge in [-0.2, -0.15) is 13.2 Å². The van der Waals surface area contributed by atoms with E-state index in [0.29, 0.717) is 21.7 Å². The lowest BCUT2D eigenvalue weighted by atomic mass is 9.75. The van der Waals surface area contributed by atoms with Crippen molar-refractivity contribution in [3.8, 4) is 17.6 Å². The first kappa shape index (κ1) is 32.3. The number of halogens is 5. The third kappa shape index (κ3) is 6.89. The first-order chi connectivity index (χ1) is 22.1. The SMILES string of the molecule is CNC(=O)c1cc(OCF)c(NCC#Cc2sc3c(NC4CCC(N5CC6(COC6)C5)CC4)cccc3c2CC(F)(F)F)cc1F. The van der Waals surface area contributed by atoms with Gasteiger partial charge in [0, 0.05) is 43.7 Å². The standard InChI is InChI=1S/C33H35F5N4O3S/c1-39-31(43)23-12-28(45-19-34)27(13-25(23)35)40-11-3-6-29-24(14-33(36,37)38)22-4-2-5-26(30(22)46-29)41-20-7-9-21(10-8-20)42-15-32(16-42)17-44-18-32/h2,4-5,12-13,20-21,40-41H,7-11,14-19H2,1H3,(H,39,43). The van der Waals surface area contributed by atoms with E-state index in [9.17, 15) is 26.7 Å². The van der Waals surface area contributed by atoms with Crippen LogP contribution in [-0.4, -0.2) is 75.8 Å². The Morgan fingerprint density at radius 2 is 1.91 bits per heavy atom. The molecule has 13 heteroatoms. The lowest BCUT2D eigenvalue weighted by Crippen LogP contribution is -2.68. The maximum atomic E-state index is 14.5. The molecule has 3 aliphatic rings. The molecule has 3 aromatic rings. The van der Waals surface area contributed by atoms with Gasteiger partial charge in [0.1, 0.15) is 11.6 Å². The van der Waals surface area contributed by atoms with Gasteiger partial charge in [-0.15, -0.1) is 11.3 Å². The second kappa shape index (κ2) is 13.3. The highest BCUT2D eigenvalue weighted by atomic mass is 32.1. The van der Waals surface area contributed by atoms with Crippen molar-refractivity contribution in [1.29, 1.82) is 0 Å². The number of benzene rings is 2. The number of nitrogens with zero attached hydrogens (tertiary/aromatic N) is 1. The van der Waals surface area contributed by atoms with Crippen LogP contribution in [0.2, 0.25) is 0 Å². The van der Waals surface area contributed by atoms with E-state index in [1.54, 1.807) is 12.1 Å². The fraction of sp³-hybridized carbons (Fsp3) is 0.485. The smallest absolute Gasteiger partial charge is 0.393 e. The lowest BCUT2D eigenvalue weighted by Gasteiger charge is -2.58. The number of alkyl halides is 4. The van der Waals surface area contributed by atoms with Crippen LogP contribution >= 0.6 is 11.3 Å². The predicted octanol–water partition coefficient (Wildman–Crippen LogP) is 6.33. The normalized spacial score (nSPS) is 20.7. The molecule has 2 saturated heterocycles. The van der Waals surface area contributed by atoms with Gasteiger partial charge in [-0.25, -0.2) is 8.78 Å². The molecule has 0 atom stereocenters. The Morgan fingerprint density at radius 1 is 1.15 bits per heavy atom. The van der Waals surface area contributed by atoms with Crippen LogP contribution in [0.25, 0.3) is 10.1 Å². The molecule has 1 aliphatic carbocycles. The molecule has 3 N–H and O–H groups in total. The summed E-state index contributed by atoms with van der Waals surface area (Å²) in [5, 5.41) is 9.23. The summed E-state index contributed by atoms with van der Waals surface area (Å²) in [4.78, 5) is 14.8. The molecule has 3 heterocycles. The van der Waals surface area contributed by atoms with Crippen molar-refractivity contribution in [2.75, 3.05) is 57.4 Å². The number of thiophene rings is 1. The highest BCUT2D eigenvalue weighted by Crippen LogP contribution is 2.43. The van der Waals surface area contributed by atoms with Gasteiger partial charge < -0.3 is 25.4 Å². The Labute approximate surface area is 267 Å². The summed E-state index contributed by atoms with van der Waals surface area (Å²) in [6, 6.07) is 8.22. The van der Waals surface area contributed by atoms with Gasteiger partial charge in [0.05, 0.1) is 52.7 Å². The van der Waals surface area contributed by atoms with E-state index >= 15 is 0 Å². The number of ether oxygens (including phenoxy) is 2. The molecule has 7 nitrogen and oxygen atoms in total. The van der Waals surface area contributed by atoms with Crippen LogP contribution in [0.3, 0.4) is 0 Å². The average Bonchev–Trinajstić information content (AvgIpc) is 3.32. The number of amides is 1. The van der Waals surface area contributed by atoms with E-state index in [1.807, 2.05) is 6.07 Å². The van der Waals surface area contributed by atoms with Crippen molar-refractivity contribution in [3.05, 3.63) is 52.2 Å². The number of anilines is 2. The third-order valence-electron chi connectivity index (χ3n) is 8.98. The number of carbonyl (C=O) groups is 1. The van der Waals surface area contributed by atoms with E-state index in [1.165, 1.54) is 18.4 Å². The minimum absolute atomic E-state index is 0.0517. The van der Waals surface area contributed by atoms with Crippen molar-refractivity contribution in [2.24, 2.45) is 5.41 Å². The summed E-state index contributed by atoms with van der Waals surface area (Å²) in [6.07, 6.45) is -1.43. The predicted molar refractivity (Wildman–Crippen MR) is 168 cm³/mol. The van der Waals surface area contributed by atoms with Gasteiger partial charge in [-0.3, -0.25) is 9.69 Å². The summed E-state index contributed by atoms with van der Waals surface area (Å²) in [6.45, 7) is 2.65. The molecule has 1 amide bonds. The molecule has 46 heavy (non-hydrogen) atoms. The first-order valence-electron chi connectivity index (χ1n) is 15.2. The molecule has 1 aromatic heterocycles. The highest BCUT2D eigenvalue weighted by Gasteiger charge is 2.50. The van der Waals surface area contributed by atoms with Crippen molar-refractivity contribution in [1.82, 2.24) is 10.2 Å². The van der Waals surface area contributed by atoms with Crippen molar-refractivity contribution in [3.63, 3.8) is 0 Å². The largest absolute Gasteiger partial charge is 0.461 e. The minimum atomic E-state index is -4.44. The van der Waals surface area contributed by atoms with Crippen LogP contribution in [0, 0.1) is 23.1 Å². The van der Waals surface area contributed by atoms with Crippen LogP contribution in [0.15, 0.2) is 30.3 Å². The molecule has 6 rings (SSSR count). The molecule has 3 fully saturated rings. The third-order valence-corrected chi connectivity index (χ3v) is 10.2. The Kier molecular flexibility index (Phi) is 9.32. The number of nitrogens with one attached hydrogen (secondary N) is 3. The van der Waals surface area contributed by atoms with Crippen LogP contribution in [0.1, 0.15) is 46.5 Å². The number of rotatable bonds is 9. The van der Waals surface area contributed by atoms with Crippen LogP contribution in [0.4, 0.5) is 33.3 Å². The quantitative estimate of drug-likeness (QED) is 0.184. The van der Waals surface area contributed by atoms with E-state index in [2.05, 4.69) is 32.7 Å². The average molecular weight is 663 g/mol. The Hall–Kier alpha value is -3.60. The summed E-state index contributed by atoms with van der Waals surface area (Å²) < 4.78 is 79.6. The second-order valence-electron chi connectivity index (χ2n) is 12.2. The summed E-state index contributed by atoms with van der Waals surface area (Å²) in [5.41, 5.74) is 1.03. The molecule has 1 saturated carbocycles. The first-order valence-corrected chi connectivity index (χ1v) is 16.1. The highest BCUT2D eigenvalue weighted by molar-refractivity contribution is 7.20. The molecule has 1 spiro atoms. The van der Waals surface area contributed by atoms with Crippen LogP contribution < -0.4 is 20.7 Å². The van der Waals surface area contributed by atoms with Crippen LogP contribution in [-0.2, 0) is 11.2 Å². The van der Waals surface area contributed by atoms with Crippen LogP contribution in [0.5, 0.6) is 5.75 Å². The van der Waals surface area contributed by atoms with Gasteiger partial charge in [0.25, 0.3) is 5.91 Å². The second-order valence-corrected chi connectivity index (χ2v) is 13.3. The van der Waals surface area contributed by atoms with Crippen molar-refractivity contribution < 1.29 is 36.2 Å². The zero-order valence-corrected chi connectivity index (χ0v) is 26.1. The van der Waals surface area contributed by atoms with Crippen molar-refractivity contribution >= 4 is 38.7 Å². The number of hydrogen-bond acceptors (Lipinski definition) is 7. The lowest BCUT2D eigenvalue weighted by molar-refractivity contribution is -0.200. The molecule has 0 bridgehead atoms. The zero-order chi connectivity index (χ0) is 32.5. The molecule has 0 radical (unpaired) electrons. The molecule has 2 aromatic carbocycles. The Balaban J connectivity index is 1.17. The Bertz CT molecular complexity index is 1650. The van der Waals surface area contributed by atoms with Crippen molar-refractivity contribution in [2.45, 2.75) is 50.4 Å². The fourth-order valence-electron chi connectivity index (χ4n) is 6.66. The monoisotopic (exact) mass is 662 g/mol. The van der Waals surface area contributed by atoms with Gasteiger partial charge in [0.2, 0.25) is 6.86 Å². The number of fused-ring (bicyclic) bond motifs is 1. The van der Waals surface area contributed by atoms with E-state index in [4.69, 9.17) is 9.47 Å². The minimum Gasteiger partial charge on any atom is -0.461 e.